The molecule has 2 rings (SSSR count). The molecule has 0 spiro atoms. The van der Waals surface area contributed by atoms with Crippen LogP contribution in [0.2, 0.25) is 0 Å². The molecule has 0 bridgehead atoms. The lowest BCUT2D eigenvalue weighted by atomic mass is 9.97. The van der Waals surface area contributed by atoms with E-state index in [4.69, 9.17) is 4.52 Å². The Kier molecular flexibility index (Phi) is 3.87. The highest BCUT2D eigenvalue weighted by Crippen LogP contribution is 2.29. The molecule has 1 heterocycles. The number of nitrogens with zero attached hydrogens (tertiary/aromatic N) is 1. The molecule has 0 aliphatic heterocycles. The maximum Gasteiger partial charge on any atom is 0.138 e. The average Bonchev–Trinajstić information content (AvgIpc) is 2.88. The third-order valence-corrected chi connectivity index (χ3v) is 4.14. The minimum atomic E-state index is 0.330. The molecule has 1 N–H and O–H groups in total. The van der Waals surface area contributed by atoms with Crippen molar-refractivity contribution in [2.75, 3.05) is 0 Å². The van der Waals surface area contributed by atoms with Crippen molar-refractivity contribution < 1.29 is 4.52 Å². The van der Waals surface area contributed by atoms with Crippen LogP contribution < -0.4 is 5.32 Å². The molecular weight excluding hydrogens is 212 g/mol. The molecule has 2 unspecified atom stereocenters. The standard InChI is InChI=1S/C14H24N2O/c1-9(13-7-5-6-8-13)15-10(2)14-11(3)16-17-12(14)4/h9-10,13,15H,5-8H2,1-4H3. The minimum Gasteiger partial charge on any atom is -0.361 e. The van der Waals surface area contributed by atoms with Gasteiger partial charge in [-0.2, -0.15) is 0 Å². The third-order valence-electron chi connectivity index (χ3n) is 4.14. The minimum absolute atomic E-state index is 0.330. The third kappa shape index (κ3) is 2.71. The summed E-state index contributed by atoms with van der Waals surface area (Å²) >= 11 is 0. The molecule has 0 saturated heterocycles. The molecule has 0 aromatic carbocycles. The molecule has 1 saturated carbocycles. The van der Waals surface area contributed by atoms with Gasteiger partial charge < -0.3 is 9.84 Å². The Balaban J connectivity index is 1.98. The van der Waals surface area contributed by atoms with E-state index in [1.54, 1.807) is 0 Å². The van der Waals surface area contributed by atoms with Crippen LogP contribution in [-0.4, -0.2) is 11.2 Å². The lowest BCUT2D eigenvalue weighted by Gasteiger charge is -2.24. The second-order valence-corrected chi connectivity index (χ2v) is 5.46. The molecule has 1 aliphatic rings. The largest absolute Gasteiger partial charge is 0.361 e. The van der Waals surface area contributed by atoms with E-state index in [1.165, 1.54) is 31.2 Å². The Bertz CT molecular complexity index is 347. The number of hydrogen-bond acceptors (Lipinski definition) is 3. The van der Waals surface area contributed by atoms with Crippen LogP contribution in [-0.2, 0) is 0 Å². The second kappa shape index (κ2) is 5.21. The summed E-state index contributed by atoms with van der Waals surface area (Å²) < 4.78 is 5.23. The number of hydrogen-bond donors (Lipinski definition) is 1. The van der Waals surface area contributed by atoms with Crippen molar-refractivity contribution in [2.45, 2.75) is 65.5 Å². The Morgan fingerprint density at radius 1 is 1.24 bits per heavy atom. The number of nitrogens with one attached hydrogen (secondary N) is 1. The lowest BCUT2D eigenvalue weighted by molar-refractivity contribution is 0.348. The molecule has 17 heavy (non-hydrogen) atoms. The van der Waals surface area contributed by atoms with Gasteiger partial charge in [0.15, 0.2) is 0 Å². The van der Waals surface area contributed by atoms with E-state index in [0.29, 0.717) is 12.1 Å². The monoisotopic (exact) mass is 236 g/mol. The van der Waals surface area contributed by atoms with Gasteiger partial charge in [-0.1, -0.05) is 18.0 Å². The van der Waals surface area contributed by atoms with Crippen LogP contribution in [0.1, 0.15) is 62.6 Å². The van der Waals surface area contributed by atoms with Crippen LogP contribution in [0.15, 0.2) is 4.52 Å². The molecule has 0 radical (unpaired) electrons. The summed E-state index contributed by atoms with van der Waals surface area (Å²) in [4.78, 5) is 0. The smallest absolute Gasteiger partial charge is 0.138 e. The first kappa shape index (κ1) is 12.6. The first-order valence-electron chi connectivity index (χ1n) is 6.78. The van der Waals surface area contributed by atoms with E-state index in [1.807, 2.05) is 13.8 Å². The summed E-state index contributed by atoms with van der Waals surface area (Å²) in [5.41, 5.74) is 2.25. The van der Waals surface area contributed by atoms with Crippen molar-refractivity contribution in [1.29, 1.82) is 0 Å². The first-order chi connectivity index (χ1) is 8.09. The summed E-state index contributed by atoms with van der Waals surface area (Å²) in [5.74, 6) is 1.79. The van der Waals surface area contributed by atoms with Crippen LogP contribution in [0.25, 0.3) is 0 Å². The molecule has 1 aromatic heterocycles. The molecule has 1 fully saturated rings. The Hall–Kier alpha value is -0.830. The van der Waals surface area contributed by atoms with E-state index in [2.05, 4.69) is 24.3 Å². The first-order valence-corrected chi connectivity index (χ1v) is 6.78. The van der Waals surface area contributed by atoms with Gasteiger partial charge in [0, 0.05) is 17.6 Å². The molecule has 2 atom stereocenters. The Labute approximate surface area is 104 Å². The molecular formula is C14H24N2O. The van der Waals surface area contributed by atoms with Gasteiger partial charge in [-0.05, 0) is 46.5 Å². The highest BCUT2D eigenvalue weighted by atomic mass is 16.5. The predicted octanol–water partition coefficient (Wildman–Crippen LogP) is 3.52. The van der Waals surface area contributed by atoms with Crippen molar-refractivity contribution in [3.63, 3.8) is 0 Å². The number of rotatable bonds is 4. The van der Waals surface area contributed by atoms with Gasteiger partial charge >= 0.3 is 0 Å². The quantitative estimate of drug-likeness (QED) is 0.869. The zero-order valence-corrected chi connectivity index (χ0v) is 11.4. The Morgan fingerprint density at radius 2 is 1.88 bits per heavy atom. The number of aromatic nitrogens is 1. The highest BCUT2D eigenvalue weighted by Gasteiger charge is 2.24. The van der Waals surface area contributed by atoms with Crippen molar-refractivity contribution in [1.82, 2.24) is 10.5 Å². The van der Waals surface area contributed by atoms with E-state index in [-0.39, 0.29) is 0 Å². The fourth-order valence-corrected chi connectivity index (χ4v) is 3.18. The highest BCUT2D eigenvalue weighted by molar-refractivity contribution is 5.24. The van der Waals surface area contributed by atoms with Gasteiger partial charge in [0.2, 0.25) is 0 Å². The summed E-state index contributed by atoms with van der Waals surface area (Å²) in [6.45, 7) is 8.53. The predicted molar refractivity (Wildman–Crippen MR) is 68.9 cm³/mol. The van der Waals surface area contributed by atoms with E-state index in [0.717, 1.165) is 17.4 Å². The van der Waals surface area contributed by atoms with Crippen molar-refractivity contribution >= 4 is 0 Å². The van der Waals surface area contributed by atoms with Crippen molar-refractivity contribution in [3.8, 4) is 0 Å². The fraction of sp³-hybridized carbons (Fsp3) is 0.786. The van der Waals surface area contributed by atoms with Crippen molar-refractivity contribution in [2.24, 2.45) is 5.92 Å². The van der Waals surface area contributed by atoms with Gasteiger partial charge in [0.25, 0.3) is 0 Å². The van der Waals surface area contributed by atoms with Crippen molar-refractivity contribution in [3.05, 3.63) is 17.0 Å². The second-order valence-electron chi connectivity index (χ2n) is 5.46. The summed E-state index contributed by atoms with van der Waals surface area (Å²) in [5, 5.41) is 7.73. The van der Waals surface area contributed by atoms with Crippen LogP contribution in [0, 0.1) is 19.8 Å². The van der Waals surface area contributed by atoms with E-state index < -0.39 is 0 Å². The average molecular weight is 236 g/mol. The molecule has 3 heteroatoms. The van der Waals surface area contributed by atoms with Gasteiger partial charge in [0.1, 0.15) is 5.76 Å². The molecule has 1 aromatic rings. The molecule has 1 aliphatic carbocycles. The Morgan fingerprint density at radius 3 is 2.41 bits per heavy atom. The lowest BCUT2D eigenvalue weighted by Crippen LogP contribution is -2.34. The summed E-state index contributed by atoms with van der Waals surface area (Å²) in [7, 11) is 0. The maximum absolute atomic E-state index is 5.23. The van der Waals surface area contributed by atoms with Crippen LogP contribution >= 0.6 is 0 Å². The fourth-order valence-electron chi connectivity index (χ4n) is 3.18. The normalized spacial score (nSPS) is 20.7. The molecule has 96 valence electrons. The van der Waals surface area contributed by atoms with Crippen LogP contribution in [0.4, 0.5) is 0 Å². The van der Waals surface area contributed by atoms with Gasteiger partial charge in [0.05, 0.1) is 5.69 Å². The zero-order valence-electron chi connectivity index (χ0n) is 11.4. The summed E-state index contributed by atoms with van der Waals surface area (Å²) in [6.07, 6.45) is 5.55. The van der Waals surface area contributed by atoms with Gasteiger partial charge in [-0.15, -0.1) is 0 Å². The van der Waals surface area contributed by atoms with Crippen LogP contribution in [0.3, 0.4) is 0 Å². The SMILES string of the molecule is Cc1noc(C)c1C(C)NC(C)C1CCCC1. The van der Waals surface area contributed by atoms with Gasteiger partial charge in [-0.3, -0.25) is 0 Å². The van der Waals surface area contributed by atoms with E-state index >= 15 is 0 Å². The topological polar surface area (TPSA) is 38.1 Å². The summed E-state index contributed by atoms with van der Waals surface area (Å²) in [6, 6.07) is 0.915. The molecule has 0 amide bonds. The maximum atomic E-state index is 5.23. The zero-order chi connectivity index (χ0) is 12.4. The van der Waals surface area contributed by atoms with E-state index in [9.17, 15) is 0 Å². The van der Waals surface area contributed by atoms with Gasteiger partial charge in [-0.25, -0.2) is 0 Å². The number of aryl methyl sites for hydroxylation is 2. The van der Waals surface area contributed by atoms with Crippen LogP contribution in [0.5, 0.6) is 0 Å². The molecule has 3 nitrogen and oxygen atoms in total.